The molecular formula is C27H30N4O7. The second-order valence-electron chi connectivity index (χ2n) is 8.66. The lowest BCUT2D eigenvalue weighted by Crippen LogP contribution is -2.25. The van der Waals surface area contributed by atoms with Crippen molar-refractivity contribution >= 4 is 28.2 Å². The number of nitro benzene ring substituents is 3. The monoisotopic (exact) mass is 522 g/mol. The largest absolute Gasteiger partial charge is 0.497 e. The number of hydrogen-bond donors (Lipinski definition) is 1. The Labute approximate surface area is 220 Å². The predicted molar refractivity (Wildman–Crippen MR) is 146 cm³/mol. The maximum Gasteiger partial charge on any atom is 0.324 e. The molecule has 11 heteroatoms. The number of allylic oxidation sites excluding steroid dienone is 1. The van der Waals surface area contributed by atoms with Crippen LogP contribution in [0.1, 0.15) is 37.8 Å². The molecule has 0 radical (unpaired) electrons. The van der Waals surface area contributed by atoms with Gasteiger partial charge in [-0.1, -0.05) is 67.6 Å². The molecular weight excluding hydrogens is 492 g/mol. The molecule has 0 bridgehead atoms. The third kappa shape index (κ3) is 7.68. The van der Waals surface area contributed by atoms with Crippen LogP contribution in [0.2, 0.25) is 0 Å². The number of aromatic hydroxyl groups is 1. The van der Waals surface area contributed by atoms with Crippen molar-refractivity contribution in [2.75, 3.05) is 14.1 Å². The molecule has 1 unspecified atom stereocenters. The lowest BCUT2D eigenvalue weighted by atomic mass is 9.89. The molecule has 1 N–H and O–H groups in total. The molecule has 0 saturated carbocycles. The van der Waals surface area contributed by atoms with Crippen molar-refractivity contribution in [3.63, 3.8) is 0 Å². The van der Waals surface area contributed by atoms with E-state index < -0.39 is 37.6 Å². The molecule has 0 spiro atoms. The topological polar surface area (TPSA) is 153 Å². The highest BCUT2D eigenvalue weighted by atomic mass is 16.6. The van der Waals surface area contributed by atoms with Crippen LogP contribution in [0.15, 0.2) is 72.8 Å². The van der Waals surface area contributed by atoms with Crippen LogP contribution in [0, 0.1) is 30.3 Å². The van der Waals surface area contributed by atoms with Gasteiger partial charge in [0.2, 0.25) is 0 Å². The zero-order valence-electron chi connectivity index (χ0n) is 21.6. The summed E-state index contributed by atoms with van der Waals surface area (Å²) in [5.74, 6) is -1.21. The van der Waals surface area contributed by atoms with E-state index in [-0.39, 0.29) is 0 Å². The molecule has 11 nitrogen and oxygen atoms in total. The van der Waals surface area contributed by atoms with Crippen molar-refractivity contribution in [2.24, 2.45) is 0 Å². The highest BCUT2D eigenvalue weighted by Gasteiger charge is 2.30. The zero-order valence-corrected chi connectivity index (χ0v) is 21.6. The summed E-state index contributed by atoms with van der Waals surface area (Å²) >= 11 is 0. The van der Waals surface area contributed by atoms with Crippen molar-refractivity contribution in [1.82, 2.24) is 4.90 Å². The number of nitrogens with zero attached hydrogens (tertiary/aromatic N) is 4. The van der Waals surface area contributed by atoms with Crippen LogP contribution in [0.3, 0.4) is 0 Å². The zero-order chi connectivity index (χ0) is 28.4. The Kier molecular flexibility index (Phi) is 10.6. The van der Waals surface area contributed by atoms with Crippen LogP contribution < -0.4 is 0 Å². The van der Waals surface area contributed by atoms with Crippen LogP contribution in [-0.2, 0) is 0 Å². The minimum Gasteiger partial charge on any atom is -0.497 e. The number of benzene rings is 3. The van der Waals surface area contributed by atoms with E-state index >= 15 is 0 Å². The number of nitro groups is 3. The Hall–Kier alpha value is -4.64. The molecule has 0 aromatic heterocycles. The van der Waals surface area contributed by atoms with Gasteiger partial charge in [0.05, 0.1) is 26.9 Å². The first-order chi connectivity index (χ1) is 18.0. The molecule has 3 aromatic rings. The molecule has 3 rings (SSSR count). The van der Waals surface area contributed by atoms with Crippen molar-refractivity contribution in [1.29, 1.82) is 0 Å². The summed E-state index contributed by atoms with van der Waals surface area (Å²) in [6, 6.07) is 23.0. The Morgan fingerprint density at radius 3 is 1.55 bits per heavy atom. The average molecular weight is 523 g/mol. The Balaban J connectivity index is 0.000000281. The lowest BCUT2D eigenvalue weighted by molar-refractivity contribution is -0.404. The maximum absolute atomic E-state index is 10.4. The van der Waals surface area contributed by atoms with Crippen molar-refractivity contribution in [3.05, 3.63) is 114 Å². The summed E-state index contributed by atoms with van der Waals surface area (Å²) in [4.78, 5) is 30.1. The van der Waals surface area contributed by atoms with Gasteiger partial charge in [-0.15, -0.1) is 0 Å². The fraction of sp³-hybridized carbons (Fsp3) is 0.259. The van der Waals surface area contributed by atoms with E-state index in [2.05, 4.69) is 93.5 Å². The highest BCUT2D eigenvalue weighted by molar-refractivity contribution is 5.91. The maximum atomic E-state index is 10.4. The van der Waals surface area contributed by atoms with E-state index in [1.54, 1.807) is 0 Å². The van der Waals surface area contributed by atoms with Gasteiger partial charge in [0.1, 0.15) is 0 Å². The highest BCUT2D eigenvalue weighted by Crippen LogP contribution is 2.39. The van der Waals surface area contributed by atoms with Crippen LogP contribution in [0.25, 0.3) is 11.1 Å². The van der Waals surface area contributed by atoms with E-state index in [9.17, 15) is 30.3 Å². The Bertz CT molecular complexity index is 1270. The van der Waals surface area contributed by atoms with Gasteiger partial charge in [0.25, 0.3) is 11.4 Å². The third-order valence-corrected chi connectivity index (χ3v) is 6.00. The van der Waals surface area contributed by atoms with Crippen molar-refractivity contribution in [3.8, 4) is 5.75 Å². The Morgan fingerprint density at radius 1 is 0.789 bits per heavy atom. The van der Waals surface area contributed by atoms with Gasteiger partial charge in [-0.3, -0.25) is 30.3 Å². The van der Waals surface area contributed by atoms with Gasteiger partial charge in [-0.05, 0) is 56.1 Å². The second kappa shape index (κ2) is 13.6. The quantitative estimate of drug-likeness (QED) is 0.191. The summed E-state index contributed by atoms with van der Waals surface area (Å²) in [5.41, 5.74) is 2.61. The average Bonchev–Trinajstić information content (AvgIpc) is 2.89. The number of hydrogen-bond acceptors (Lipinski definition) is 8. The third-order valence-electron chi connectivity index (χ3n) is 6.00. The molecule has 1 atom stereocenters. The molecule has 0 aliphatic heterocycles. The fourth-order valence-corrected chi connectivity index (χ4v) is 3.74. The van der Waals surface area contributed by atoms with Crippen molar-refractivity contribution < 1.29 is 19.9 Å². The minimum absolute atomic E-state index is 0.447. The summed E-state index contributed by atoms with van der Waals surface area (Å²) in [5, 5.41) is 40.2. The van der Waals surface area contributed by atoms with Crippen LogP contribution in [-0.4, -0.2) is 44.9 Å². The van der Waals surface area contributed by atoms with Gasteiger partial charge in [0, 0.05) is 6.04 Å². The van der Waals surface area contributed by atoms with E-state index in [0.29, 0.717) is 18.2 Å². The SMILES string of the molecule is CC/C(=C(\CC(C)N(C)C)c1ccccc1)c1ccccc1.O=[N+]([O-])c1cc([N+](=O)[O-])c(O)c([N+](=O)[O-])c1. The van der Waals surface area contributed by atoms with E-state index in [1.165, 1.54) is 22.3 Å². The lowest BCUT2D eigenvalue weighted by Gasteiger charge is -2.24. The standard InChI is InChI=1S/C21H27N.C6H3N3O7/c1-5-20(18-12-8-6-9-13-18)21(16-17(2)22(3)4)19-14-10-7-11-15-19;10-6-4(8(13)14)1-3(7(11)12)2-5(6)9(15)16/h6-15,17H,5,16H2,1-4H3;1-2,10H/b21-20-;. The molecule has 0 aliphatic rings. The van der Waals surface area contributed by atoms with Gasteiger partial charge in [-0.2, -0.15) is 0 Å². The molecule has 200 valence electrons. The number of non-ortho nitro benzene ring substituents is 1. The first-order valence-electron chi connectivity index (χ1n) is 11.8. The molecule has 0 fully saturated rings. The summed E-state index contributed by atoms with van der Waals surface area (Å²) in [6.45, 7) is 4.55. The van der Waals surface area contributed by atoms with E-state index in [0.717, 1.165) is 12.8 Å². The molecule has 38 heavy (non-hydrogen) atoms. The first-order valence-corrected chi connectivity index (χ1v) is 11.8. The normalized spacial score (nSPS) is 12.1. The number of phenolic OH excluding ortho intramolecular Hbond substituents is 1. The van der Waals surface area contributed by atoms with Crippen LogP contribution >= 0.6 is 0 Å². The van der Waals surface area contributed by atoms with Gasteiger partial charge in [-0.25, -0.2) is 0 Å². The second-order valence-corrected chi connectivity index (χ2v) is 8.66. The molecule has 0 saturated heterocycles. The number of phenols is 1. The van der Waals surface area contributed by atoms with E-state index in [4.69, 9.17) is 5.11 Å². The predicted octanol–water partition coefficient (Wildman–Crippen LogP) is 6.46. The minimum atomic E-state index is -1.21. The summed E-state index contributed by atoms with van der Waals surface area (Å²) in [6.07, 6.45) is 2.11. The van der Waals surface area contributed by atoms with Gasteiger partial charge >= 0.3 is 11.4 Å². The number of rotatable bonds is 9. The smallest absolute Gasteiger partial charge is 0.324 e. The van der Waals surface area contributed by atoms with Gasteiger partial charge < -0.3 is 10.0 Å². The van der Waals surface area contributed by atoms with Crippen LogP contribution in [0.5, 0.6) is 5.75 Å². The van der Waals surface area contributed by atoms with Crippen LogP contribution in [0.4, 0.5) is 17.1 Å². The molecule has 0 aliphatic carbocycles. The van der Waals surface area contributed by atoms with Gasteiger partial charge in [0.15, 0.2) is 0 Å². The first kappa shape index (κ1) is 29.6. The fourth-order valence-electron chi connectivity index (χ4n) is 3.74. The Morgan fingerprint density at radius 2 is 1.21 bits per heavy atom. The molecule has 0 amide bonds. The van der Waals surface area contributed by atoms with Crippen molar-refractivity contribution in [2.45, 2.75) is 32.7 Å². The molecule has 0 heterocycles. The van der Waals surface area contributed by atoms with E-state index in [1.807, 2.05) is 0 Å². The summed E-state index contributed by atoms with van der Waals surface area (Å²) in [7, 11) is 4.31. The summed E-state index contributed by atoms with van der Waals surface area (Å²) < 4.78 is 0. The molecule has 3 aromatic carbocycles.